The molecule has 3 aromatic heterocycles. The summed E-state index contributed by atoms with van der Waals surface area (Å²) >= 11 is 0. The second-order valence-corrected chi connectivity index (χ2v) is 8.44. The first-order valence-electron chi connectivity index (χ1n) is 11.2. The molecule has 1 fully saturated rings. The van der Waals surface area contributed by atoms with Crippen LogP contribution in [0.2, 0.25) is 0 Å². The number of benzene rings is 1. The summed E-state index contributed by atoms with van der Waals surface area (Å²) in [6, 6.07) is 12.7. The monoisotopic (exact) mass is 468 g/mol. The average molecular weight is 469 g/mol. The molecule has 3 N–H and O–H groups in total. The van der Waals surface area contributed by atoms with E-state index in [-0.39, 0.29) is 23.9 Å². The van der Waals surface area contributed by atoms with Crippen molar-refractivity contribution in [2.24, 2.45) is 0 Å². The third-order valence-electron chi connectivity index (χ3n) is 6.34. The highest BCUT2D eigenvalue weighted by molar-refractivity contribution is 6.04. The molecule has 0 unspecified atom stereocenters. The predicted molar refractivity (Wildman–Crippen MR) is 132 cm³/mol. The molecule has 176 valence electrons. The number of hydrogen-bond acceptors (Lipinski definition) is 7. The SMILES string of the molecule is C=CC(=O)N(C)C1CC(n2nc(-c3ccc(NC(=O)c4ccccc4)nc3)c3c(N)ncnc32)C1. The van der Waals surface area contributed by atoms with Gasteiger partial charge in [0.25, 0.3) is 5.91 Å². The van der Waals surface area contributed by atoms with Crippen LogP contribution in [0.1, 0.15) is 29.2 Å². The smallest absolute Gasteiger partial charge is 0.256 e. The third kappa shape index (κ3) is 4.10. The van der Waals surface area contributed by atoms with Gasteiger partial charge in [-0.1, -0.05) is 24.8 Å². The summed E-state index contributed by atoms with van der Waals surface area (Å²) in [6.45, 7) is 3.56. The fraction of sp³-hybridized carbons (Fsp3) is 0.200. The zero-order valence-corrected chi connectivity index (χ0v) is 19.1. The molecule has 10 heteroatoms. The molecule has 1 aliphatic rings. The summed E-state index contributed by atoms with van der Waals surface area (Å²) in [5, 5.41) is 8.26. The Morgan fingerprint density at radius 3 is 2.60 bits per heavy atom. The minimum absolute atomic E-state index is 0.0722. The Kier molecular flexibility index (Phi) is 5.69. The summed E-state index contributed by atoms with van der Waals surface area (Å²) in [5.41, 5.74) is 8.74. The Hall–Kier alpha value is -4.60. The number of hydrogen-bond donors (Lipinski definition) is 2. The molecule has 0 bridgehead atoms. The first kappa shape index (κ1) is 22.2. The second kappa shape index (κ2) is 8.98. The second-order valence-electron chi connectivity index (χ2n) is 8.44. The molecule has 2 amide bonds. The van der Waals surface area contributed by atoms with Crippen molar-refractivity contribution in [3.8, 4) is 11.3 Å². The molecular weight excluding hydrogens is 444 g/mol. The standard InChI is InChI=1S/C25H24N8O2/c1-3-20(34)32(2)17-11-18(12-17)33-24-21(23(26)28-14-29-24)22(31-33)16-9-10-19(27-13-16)30-25(35)15-7-5-4-6-8-15/h3-10,13-14,17-18H,1,11-12H2,2H3,(H2,26,28,29)(H,27,30,35). The van der Waals surface area contributed by atoms with E-state index in [2.05, 4.69) is 26.8 Å². The lowest BCUT2D eigenvalue weighted by atomic mass is 9.85. The van der Waals surface area contributed by atoms with Crippen LogP contribution in [0.4, 0.5) is 11.6 Å². The molecule has 1 aliphatic carbocycles. The maximum Gasteiger partial charge on any atom is 0.256 e. The molecule has 35 heavy (non-hydrogen) atoms. The topological polar surface area (TPSA) is 132 Å². The summed E-state index contributed by atoms with van der Waals surface area (Å²) in [4.78, 5) is 39.0. The molecule has 5 rings (SSSR count). The van der Waals surface area contributed by atoms with Crippen molar-refractivity contribution in [1.29, 1.82) is 0 Å². The highest BCUT2D eigenvalue weighted by atomic mass is 16.2. The number of nitrogens with one attached hydrogen (secondary N) is 1. The number of rotatable bonds is 6. The quantitative estimate of drug-likeness (QED) is 0.416. The van der Waals surface area contributed by atoms with Crippen molar-refractivity contribution >= 4 is 34.5 Å². The average Bonchev–Trinajstić information content (AvgIpc) is 3.24. The van der Waals surface area contributed by atoms with Crippen LogP contribution in [0, 0.1) is 0 Å². The molecular formula is C25H24N8O2. The van der Waals surface area contributed by atoms with E-state index < -0.39 is 0 Å². The lowest BCUT2D eigenvalue weighted by Gasteiger charge is -2.40. The molecule has 0 radical (unpaired) electrons. The van der Waals surface area contributed by atoms with E-state index in [0.29, 0.717) is 33.9 Å². The van der Waals surface area contributed by atoms with Crippen LogP contribution in [0.3, 0.4) is 0 Å². The number of anilines is 2. The van der Waals surface area contributed by atoms with E-state index in [1.807, 2.05) is 16.8 Å². The van der Waals surface area contributed by atoms with Crippen LogP contribution in [0.5, 0.6) is 0 Å². The van der Waals surface area contributed by atoms with E-state index in [0.717, 1.165) is 18.4 Å². The number of pyridine rings is 1. The Bertz CT molecular complexity index is 1410. The van der Waals surface area contributed by atoms with Crippen LogP contribution < -0.4 is 11.1 Å². The lowest BCUT2D eigenvalue weighted by Crippen LogP contribution is -2.45. The summed E-state index contributed by atoms with van der Waals surface area (Å²) in [7, 11) is 1.78. The first-order valence-corrected chi connectivity index (χ1v) is 11.2. The first-order chi connectivity index (χ1) is 17.0. The molecule has 0 aliphatic heterocycles. The van der Waals surface area contributed by atoms with Crippen molar-refractivity contribution in [3.63, 3.8) is 0 Å². The van der Waals surface area contributed by atoms with Gasteiger partial charge in [-0.3, -0.25) is 9.59 Å². The largest absolute Gasteiger partial charge is 0.383 e. The zero-order chi connectivity index (χ0) is 24.5. The van der Waals surface area contributed by atoms with Gasteiger partial charge in [-0.05, 0) is 43.2 Å². The molecule has 3 heterocycles. The highest BCUT2D eigenvalue weighted by Gasteiger charge is 2.37. The molecule has 0 atom stereocenters. The summed E-state index contributed by atoms with van der Waals surface area (Å²) < 4.78 is 1.86. The minimum Gasteiger partial charge on any atom is -0.383 e. The molecule has 0 spiro atoms. The van der Waals surface area contributed by atoms with Gasteiger partial charge in [0.15, 0.2) is 5.65 Å². The number of likely N-dealkylation sites (N-methyl/N-ethyl adjacent to an activating group) is 1. The molecule has 1 saturated carbocycles. The van der Waals surface area contributed by atoms with Crippen molar-refractivity contribution in [1.82, 2.24) is 29.6 Å². The Morgan fingerprint density at radius 1 is 1.14 bits per heavy atom. The van der Waals surface area contributed by atoms with Crippen molar-refractivity contribution < 1.29 is 9.59 Å². The van der Waals surface area contributed by atoms with Crippen LogP contribution >= 0.6 is 0 Å². The number of nitrogen functional groups attached to an aromatic ring is 1. The zero-order valence-electron chi connectivity index (χ0n) is 19.1. The third-order valence-corrected chi connectivity index (χ3v) is 6.34. The molecule has 1 aromatic carbocycles. The fourth-order valence-corrected chi connectivity index (χ4v) is 4.24. The van der Waals surface area contributed by atoms with Crippen LogP contribution in [0.25, 0.3) is 22.3 Å². The van der Waals surface area contributed by atoms with Crippen LogP contribution in [-0.4, -0.2) is 54.5 Å². The number of amides is 2. The minimum atomic E-state index is -0.238. The van der Waals surface area contributed by atoms with E-state index >= 15 is 0 Å². The van der Waals surface area contributed by atoms with Crippen molar-refractivity contribution in [3.05, 3.63) is 73.2 Å². The number of nitrogens with two attached hydrogens (primary N) is 1. The van der Waals surface area contributed by atoms with Gasteiger partial charge < -0.3 is 16.0 Å². The Balaban J connectivity index is 1.41. The number of fused-ring (bicyclic) bond motifs is 1. The molecule has 4 aromatic rings. The van der Waals surface area contributed by atoms with Crippen molar-refractivity contribution in [2.75, 3.05) is 18.1 Å². The van der Waals surface area contributed by atoms with Gasteiger partial charge in [0, 0.05) is 30.4 Å². The fourth-order valence-electron chi connectivity index (χ4n) is 4.24. The number of carbonyl (C=O) groups excluding carboxylic acids is 2. The van der Waals surface area contributed by atoms with Gasteiger partial charge in [-0.25, -0.2) is 19.6 Å². The van der Waals surface area contributed by atoms with E-state index in [4.69, 9.17) is 10.8 Å². The lowest BCUT2D eigenvalue weighted by molar-refractivity contribution is -0.129. The van der Waals surface area contributed by atoms with E-state index in [1.165, 1.54) is 12.4 Å². The summed E-state index contributed by atoms with van der Waals surface area (Å²) in [5.74, 6) is 0.411. The molecule has 10 nitrogen and oxygen atoms in total. The van der Waals surface area contributed by atoms with Gasteiger partial charge in [-0.15, -0.1) is 0 Å². The molecule has 0 saturated heterocycles. The van der Waals surface area contributed by atoms with Crippen LogP contribution in [-0.2, 0) is 4.79 Å². The van der Waals surface area contributed by atoms with Gasteiger partial charge in [-0.2, -0.15) is 5.10 Å². The van der Waals surface area contributed by atoms with Gasteiger partial charge in [0.2, 0.25) is 5.91 Å². The van der Waals surface area contributed by atoms with Crippen molar-refractivity contribution in [2.45, 2.75) is 24.9 Å². The van der Waals surface area contributed by atoms with Gasteiger partial charge >= 0.3 is 0 Å². The number of nitrogens with zero attached hydrogens (tertiary/aromatic N) is 6. The van der Waals surface area contributed by atoms with E-state index in [1.54, 1.807) is 48.5 Å². The van der Waals surface area contributed by atoms with Gasteiger partial charge in [0.05, 0.1) is 11.4 Å². The highest BCUT2D eigenvalue weighted by Crippen LogP contribution is 2.39. The normalized spacial score (nSPS) is 16.9. The van der Waals surface area contributed by atoms with Crippen LogP contribution in [0.15, 0.2) is 67.6 Å². The maximum atomic E-state index is 12.4. The summed E-state index contributed by atoms with van der Waals surface area (Å²) in [6.07, 6.45) is 5.88. The number of carbonyl (C=O) groups is 2. The van der Waals surface area contributed by atoms with Gasteiger partial charge in [0.1, 0.15) is 23.7 Å². The Morgan fingerprint density at radius 2 is 1.91 bits per heavy atom. The predicted octanol–water partition coefficient (Wildman–Crippen LogP) is 3.07. The maximum absolute atomic E-state index is 12.4. The number of aromatic nitrogens is 5. The Labute approximate surface area is 201 Å². The van der Waals surface area contributed by atoms with E-state index in [9.17, 15) is 9.59 Å².